The summed E-state index contributed by atoms with van der Waals surface area (Å²) in [5.41, 5.74) is 1.55. The van der Waals surface area contributed by atoms with Gasteiger partial charge in [0.15, 0.2) is 5.78 Å². The highest BCUT2D eigenvalue weighted by Gasteiger charge is 2.05. The minimum absolute atomic E-state index is 0.0840. The fourth-order valence-corrected chi connectivity index (χ4v) is 1.99. The van der Waals surface area contributed by atoms with Crippen LogP contribution in [0.15, 0.2) is 48.5 Å². The van der Waals surface area contributed by atoms with E-state index in [1.54, 1.807) is 36.4 Å². The molecule has 21 heavy (non-hydrogen) atoms. The summed E-state index contributed by atoms with van der Waals surface area (Å²) in [5, 5.41) is 0. The number of carbonyl (C=O) groups is 1. The molecule has 0 aliphatic carbocycles. The lowest BCUT2D eigenvalue weighted by atomic mass is 10.1. The number of hydrogen-bond donors (Lipinski definition) is 0. The molecule has 0 heterocycles. The normalized spacial score (nSPS) is 10.4. The Morgan fingerprint density at radius 1 is 1.05 bits per heavy atom. The van der Waals surface area contributed by atoms with Crippen molar-refractivity contribution in [2.75, 3.05) is 5.88 Å². The first-order valence-electron chi connectivity index (χ1n) is 6.75. The third kappa shape index (κ3) is 4.87. The van der Waals surface area contributed by atoms with Crippen LogP contribution in [0.1, 0.15) is 28.8 Å². The van der Waals surface area contributed by atoms with Gasteiger partial charge in [0.05, 0.1) is 0 Å². The van der Waals surface area contributed by atoms with E-state index in [1.807, 2.05) is 0 Å². The molecular weight excluding hydrogens is 291 g/mol. The molecule has 110 valence electrons. The average Bonchev–Trinajstić information content (AvgIpc) is 2.52. The van der Waals surface area contributed by atoms with Crippen LogP contribution in [0.5, 0.6) is 5.75 Å². The molecule has 0 unspecified atom stereocenters. The number of benzene rings is 2. The molecule has 4 heteroatoms. The van der Waals surface area contributed by atoms with Crippen LogP contribution in [-0.2, 0) is 6.61 Å². The molecule has 2 aromatic rings. The van der Waals surface area contributed by atoms with Crippen molar-refractivity contribution in [3.8, 4) is 5.75 Å². The molecule has 2 rings (SSSR count). The van der Waals surface area contributed by atoms with Crippen molar-refractivity contribution in [2.45, 2.75) is 19.4 Å². The zero-order valence-electron chi connectivity index (χ0n) is 11.5. The van der Waals surface area contributed by atoms with Gasteiger partial charge < -0.3 is 4.74 Å². The number of halogens is 2. The molecule has 0 fully saturated rings. The van der Waals surface area contributed by atoms with Crippen LogP contribution in [0.2, 0.25) is 0 Å². The Labute approximate surface area is 128 Å². The summed E-state index contributed by atoms with van der Waals surface area (Å²) in [6, 6.07) is 13.2. The summed E-state index contributed by atoms with van der Waals surface area (Å²) >= 11 is 5.57. The van der Waals surface area contributed by atoms with E-state index in [1.165, 1.54) is 12.1 Å². The van der Waals surface area contributed by atoms with Crippen LogP contribution in [0, 0.1) is 5.82 Å². The number of alkyl halides is 1. The summed E-state index contributed by atoms with van der Waals surface area (Å²) in [5.74, 6) is 0.984. The van der Waals surface area contributed by atoms with E-state index < -0.39 is 0 Å². The van der Waals surface area contributed by atoms with E-state index in [-0.39, 0.29) is 11.6 Å². The first-order chi connectivity index (χ1) is 10.2. The van der Waals surface area contributed by atoms with Crippen LogP contribution < -0.4 is 4.74 Å². The van der Waals surface area contributed by atoms with Crippen molar-refractivity contribution in [1.29, 1.82) is 0 Å². The smallest absolute Gasteiger partial charge is 0.162 e. The maximum atomic E-state index is 12.8. The Balaban J connectivity index is 1.90. The van der Waals surface area contributed by atoms with Gasteiger partial charge in [-0.1, -0.05) is 12.1 Å². The van der Waals surface area contributed by atoms with Gasteiger partial charge in [0.2, 0.25) is 0 Å². The van der Waals surface area contributed by atoms with Gasteiger partial charge in [-0.25, -0.2) is 4.39 Å². The van der Waals surface area contributed by atoms with E-state index in [9.17, 15) is 9.18 Å². The molecule has 0 aromatic heterocycles. The third-order valence-electron chi connectivity index (χ3n) is 3.03. The molecule has 0 aliphatic heterocycles. The fraction of sp³-hybridized carbons (Fsp3) is 0.235. The Morgan fingerprint density at radius 3 is 2.33 bits per heavy atom. The molecule has 0 spiro atoms. The van der Waals surface area contributed by atoms with Gasteiger partial charge in [0.25, 0.3) is 0 Å². The van der Waals surface area contributed by atoms with Gasteiger partial charge in [-0.3, -0.25) is 4.79 Å². The van der Waals surface area contributed by atoms with Gasteiger partial charge in [-0.2, -0.15) is 0 Å². The van der Waals surface area contributed by atoms with Gasteiger partial charge in [0, 0.05) is 17.9 Å². The quantitative estimate of drug-likeness (QED) is 0.552. The third-order valence-corrected chi connectivity index (χ3v) is 3.30. The van der Waals surface area contributed by atoms with Crippen LogP contribution in [0.25, 0.3) is 0 Å². The van der Waals surface area contributed by atoms with Gasteiger partial charge in [0.1, 0.15) is 18.2 Å². The Morgan fingerprint density at radius 2 is 1.71 bits per heavy atom. The predicted molar refractivity (Wildman–Crippen MR) is 81.5 cm³/mol. The molecule has 0 saturated carbocycles. The van der Waals surface area contributed by atoms with Crippen molar-refractivity contribution in [3.63, 3.8) is 0 Å². The van der Waals surface area contributed by atoms with Crippen molar-refractivity contribution in [1.82, 2.24) is 0 Å². The van der Waals surface area contributed by atoms with Crippen LogP contribution in [0.3, 0.4) is 0 Å². The number of rotatable bonds is 7. The summed E-state index contributed by atoms with van der Waals surface area (Å²) < 4.78 is 18.4. The number of carbonyl (C=O) groups excluding carboxylic acids is 1. The zero-order valence-corrected chi connectivity index (χ0v) is 12.3. The Bertz CT molecular complexity index is 579. The van der Waals surface area contributed by atoms with Crippen LogP contribution >= 0.6 is 11.6 Å². The lowest BCUT2D eigenvalue weighted by Gasteiger charge is -2.07. The van der Waals surface area contributed by atoms with Crippen molar-refractivity contribution in [2.24, 2.45) is 0 Å². The van der Waals surface area contributed by atoms with Crippen LogP contribution in [0.4, 0.5) is 4.39 Å². The highest BCUT2D eigenvalue weighted by molar-refractivity contribution is 6.18. The molecule has 0 N–H and O–H groups in total. The van der Waals surface area contributed by atoms with Gasteiger partial charge in [-0.15, -0.1) is 11.6 Å². The second-order valence-electron chi connectivity index (χ2n) is 4.66. The second-order valence-corrected chi connectivity index (χ2v) is 5.03. The zero-order chi connectivity index (χ0) is 15.1. The molecule has 0 atom stereocenters. The number of Topliss-reactive ketones (excluding diaryl/α,β-unsaturated/α-hetero) is 1. The number of hydrogen-bond acceptors (Lipinski definition) is 2. The molecule has 0 aliphatic rings. The largest absolute Gasteiger partial charge is 0.489 e. The summed E-state index contributed by atoms with van der Waals surface area (Å²) in [4.78, 5) is 11.8. The second kappa shape index (κ2) is 7.79. The van der Waals surface area contributed by atoms with Crippen molar-refractivity contribution < 1.29 is 13.9 Å². The van der Waals surface area contributed by atoms with Crippen molar-refractivity contribution >= 4 is 17.4 Å². The number of ketones is 1. The van der Waals surface area contributed by atoms with Gasteiger partial charge >= 0.3 is 0 Å². The van der Waals surface area contributed by atoms with E-state index in [0.29, 0.717) is 36.6 Å². The first-order valence-corrected chi connectivity index (χ1v) is 7.29. The molecular formula is C17H16ClFO2. The Hall–Kier alpha value is -1.87. The fourth-order valence-electron chi connectivity index (χ4n) is 1.86. The summed E-state index contributed by atoms with van der Waals surface area (Å²) in [6.07, 6.45) is 1.14. The average molecular weight is 307 g/mol. The minimum atomic E-state index is -0.265. The molecule has 2 aromatic carbocycles. The minimum Gasteiger partial charge on any atom is -0.489 e. The maximum absolute atomic E-state index is 12.8. The number of ether oxygens (including phenoxy) is 1. The standard InChI is InChI=1S/C17H16ClFO2/c18-11-1-2-17(20)14-5-9-16(10-6-14)21-12-13-3-7-15(19)8-4-13/h3-10H,1-2,11-12H2. The lowest BCUT2D eigenvalue weighted by Crippen LogP contribution is -2.00. The molecule has 0 amide bonds. The first kappa shape index (κ1) is 15.5. The SMILES string of the molecule is O=C(CCCCl)c1ccc(OCc2ccc(F)cc2)cc1. The highest BCUT2D eigenvalue weighted by atomic mass is 35.5. The molecule has 2 nitrogen and oxygen atoms in total. The van der Waals surface area contributed by atoms with E-state index >= 15 is 0 Å². The summed E-state index contributed by atoms with van der Waals surface area (Å²) in [7, 11) is 0. The molecule has 0 radical (unpaired) electrons. The Kier molecular flexibility index (Phi) is 5.76. The highest BCUT2D eigenvalue weighted by Crippen LogP contribution is 2.16. The monoisotopic (exact) mass is 306 g/mol. The topological polar surface area (TPSA) is 26.3 Å². The van der Waals surface area contributed by atoms with Crippen LogP contribution in [-0.4, -0.2) is 11.7 Å². The van der Waals surface area contributed by atoms with E-state index in [0.717, 1.165) is 5.56 Å². The lowest BCUT2D eigenvalue weighted by molar-refractivity contribution is 0.0982. The van der Waals surface area contributed by atoms with E-state index in [4.69, 9.17) is 16.3 Å². The molecule has 0 bridgehead atoms. The predicted octanol–water partition coefficient (Wildman–Crippen LogP) is 4.61. The van der Waals surface area contributed by atoms with E-state index in [2.05, 4.69) is 0 Å². The molecule has 0 saturated heterocycles. The van der Waals surface area contributed by atoms with Gasteiger partial charge in [-0.05, 0) is 48.4 Å². The summed E-state index contributed by atoms with van der Waals surface area (Å²) in [6.45, 7) is 0.361. The van der Waals surface area contributed by atoms with Crippen molar-refractivity contribution in [3.05, 3.63) is 65.5 Å². The maximum Gasteiger partial charge on any atom is 0.162 e.